The van der Waals surface area contributed by atoms with Crippen molar-refractivity contribution in [3.8, 4) is 0 Å². The number of hydrogen-bond donors (Lipinski definition) is 2. The first-order valence-electron chi connectivity index (χ1n) is 4.35. The van der Waals surface area contributed by atoms with Gasteiger partial charge in [-0.1, -0.05) is 24.8 Å². The zero-order valence-corrected chi connectivity index (χ0v) is 8.03. The number of aliphatic hydroxyl groups is 1. The molecule has 1 amide bonds. The van der Waals surface area contributed by atoms with Gasteiger partial charge in [-0.2, -0.15) is 0 Å². The third-order valence-corrected chi connectivity index (χ3v) is 1.85. The van der Waals surface area contributed by atoms with Gasteiger partial charge in [0.1, 0.15) is 0 Å². The Kier molecular flexibility index (Phi) is 3.42. The van der Waals surface area contributed by atoms with E-state index in [0.29, 0.717) is 11.3 Å². The lowest BCUT2D eigenvalue weighted by Crippen LogP contribution is -2.10. The maximum absolute atomic E-state index is 11.0. The molecular weight excluding hydrogens is 178 g/mol. The van der Waals surface area contributed by atoms with Crippen LogP contribution < -0.4 is 5.32 Å². The number of nitrogens with one attached hydrogen (secondary N) is 1. The Hall–Kier alpha value is -1.61. The Balaban J connectivity index is 2.95. The van der Waals surface area contributed by atoms with Crippen LogP contribution in [-0.4, -0.2) is 11.0 Å². The Morgan fingerprint density at radius 2 is 2.21 bits per heavy atom. The summed E-state index contributed by atoms with van der Waals surface area (Å²) < 4.78 is 0. The summed E-state index contributed by atoms with van der Waals surface area (Å²) in [5.41, 5.74) is 1.31. The summed E-state index contributed by atoms with van der Waals surface area (Å²) in [5.74, 6) is -0.280. The summed E-state index contributed by atoms with van der Waals surface area (Å²) in [4.78, 5) is 11.0. The second-order valence-corrected chi connectivity index (χ2v) is 2.96. The van der Waals surface area contributed by atoms with Gasteiger partial charge in [0, 0.05) is 11.3 Å². The van der Waals surface area contributed by atoms with Crippen molar-refractivity contribution < 1.29 is 9.90 Å². The van der Waals surface area contributed by atoms with Crippen LogP contribution in [0.3, 0.4) is 0 Å². The number of benzene rings is 1. The molecular formula is C11H13NO2. The Labute approximate surface area is 83.1 Å². The van der Waals surface area contributed by atoms with Crippen LogP contribution in [0.2, 0.25) is 0 Å². The van der Waals surface area contributed by atoms with Crippen LogP contribution in [0, 0.1) is 0 Å². The van der Waals surface area contributed by atoms with Crippen LogP contribution in [0.15, 0.2) is 36.9 Å². The first-order valence-corrected chi connectivity index (χ1v) is 4.35. The molecule has 0 aromatic heterocycles. The van der Waals surface area contributed by atoms with E-state index in [2.05, 4.69) is 11.9 Å². The Morgan fingerprint density at radius 1 is 1.57 bits per heavy atom. The highest BCUT2D eigenvalue weighted by atomic mass is 16.3. The van der Waals surface area contributed by atoms with Crippen molar-refractivity contribution in [1.82, 2.24) is 0 Å². The number of carbonyl (C=O) groups is 1. The van der Waals surface area contributed by atoms with Gasteiger partial charge in [0.2, 0.25) is 5.91 Å². The SMILES string of the molecule is C=CC(=O)Nc1ccccc1C(C)O. The van der Waals surface area contributed by atoms with Crippen molar-refractivity contribution in [3.05, 3.63) is 42.5 Å². The molecule has 1 aromatic carbocycles. The van der Waals surface area contributed by atoms with E-state index in [1.807, 2.05) is 6.07 Å². The summed E-state index contributed by atoms with van der Waals surface area (Å²) in [7, 11) is 0. The van der Waals surface area contributed by atoms with Crippen molar-refractivity contribution >= 4 is 11.6 Å². The van der Waals surface area contributed by atoms with E-state index < -0.39 is 6.10 Å². The van der Waals surface area contributed by atoms with Gasteiger partial charge in [0.15, 0.2) is 0 Å². The molecule has 0 heterocycles. The lowest BCUT2D eigenvalue weighted by Gasteiger charge is -2.11. The molecule has 1 unspecified atom stereocenters. The normalized spacial score (nSPS) is 11.9. The minimum absolute atomic E-state index is 0.280. The van der Waals surface area contributed by atoms with Crippen molar-refractivity contribution in [2.75, 3.05) is 5.32 Å². The smallest absolute Gasteiger partial charge is 0.247 e. The van der Waals surface area contributed by atoms with Gasteiger partial charge in [-0.15, -0.1) is 0 Å². The molecule has 0 saturated heterocycles. The number of amides is 1. The molecule has 2 N–H and O–H groups in total. The minimum Gasteiger partial charge on any atom is -0.389 e. The average Bonchev–Trinajstić information content (AvgIpc) is 2.18. The van der Waals surface area contributed by atoms with Crippen LogP contribution in [0.5, 0.6) is 0 Å². The fourth-order valence-electron chi connectivity index (χ4n) is 1.16. The first-order chi connectivity index (χ1) is 6.65. The van der Waals surface area contributed by atoms with E-state index in [4.69, 9.17) is 0 Å². The molecule has 14 heavy (non-hydrogen) atoms. The molecule has 0 aliphatic heterocycles. The second-order valence-electron chi connectivity index (χ2n) is 2.96. The van der Waals surface area contributed by atoms with E-state index in [-0.39, 0.29) is 5.91 Å². The molecule has 0 aliphatic carbocycles. The first kappa shape index (κ1) is 10.5. The van der Waals surface area contributed by atoms with E-state index in [0.717, 1.165) is 0 Å². The van der Waals surface area contributed by atoms with Crippen molar-refractivity contribution in [3.63, 3.8) is 0 Å². The predicted octanol–water partition coefficient (Wildman–Crippen LogP) is 1.86. The minimum atomic E-state index is -0.601. The maximum Gasteiger partial charge on any atom is 0.247 e. The molecule has 0 fully saturated rings. The summed E-state index contributed by atoms with van der Waals surface area (Å²) >= 11 is 0. The molecule has 0 bridgehead atoms. The van der Waals surface area contributed by atoms with Gasteiger partial charge in [-0.3, -0.25) is 4.79 Å². The summed E-state index contributed by atoms with van der Waals surface area (Å²) in [6.45, 7) is 5.01. The number of para-hydroxylation sites is 1. The molecule has 74 valence electrons. The predicted molar refractivity (Wildman–Crippen MR) is 55.9 cm³/mol. The molecule has 1 aromatic rings. The summed E-state index contributed by atoms with van der Waals surface area (Å²) in [5, 5.41) is 12.0. The quantitative estimate of drug-likeness (QED) is 0.716. The monoisotopic (exact) mass is 191 g/mol. The van der Waals surface area contributed by atoms with Gasteiger partial charge in [-0.05, 0) is 19.1 Å². The van der Waals surface area contributed by atoms with Crippen LogP contribution in [0.1, 0.15) is 18.6 Å². The molecule has 3 nitrogen and oxygen atoms in total. The standard InChI is InChI=1S/C11H13NO2/c1-3-11(14)12-10-7-5-4-6-9(10)8(2)13/h3-8,13H,1H2,2H3,(H,12,14). The largest absolute Gasteiger partial charge is 0.389 e. The average molecular weight is 191 g/mol. The maximum atomic E-state index is 11.0. The Bertz CT molecular complexity index is 345. The third-order valence-electron chi connectivity index (χ3n) is 1.85. The van der Waals surface area contributed by atoms with Gasteiger partial charge in [0.05, 0.1) is 6.10 Å². The Morgan fingerprint density at radius 3 is 2.79 bits per heavy atom. The highest BCUT2D eigenvalue weighted by Crippen LogP contribution is 2.21. The number of rotatable bonds is 3. The molecule has 0 radical (unpaired) electrons. The topological polar surface area (TPSA) is 49.3 Å². The second kappa shape index (κ2) is 4.58. The van der Waals surface area contributed by atoms with E-state index in [9.17, 15) is 9.90 Å². The van der Waals surface area contributed by atoms with Crippen LogP contribution in [0.4, 0.5) is 5.69 Å². The van der Waals surface area contributed by atoms with Gasteiger partial charge in [0.25, 0.3) is 0 Å². The number of aliphatic hydroxyl groups excluding tert-OH is 1. The van der Waals surface area contributed by atoms with Crippen LogP contribution in [0.25, 0.3) is 0 Å². The van der Waals surface area contributed by atoms with Crippen LogP contribution in [-0.2, 0) is 4.79 Å². The van der Waals surface area contributed by atoms with E-state index >= 15 is 0 Å². The number of carbonyl (C=O) groups excluding carboxylic acids is 1. The fourth-order valence-corrected chi connectivity index (χ4v) is 1.16. The number of anilines is 1. The van der Waals surface area contributed by atoms with E-state index in [1.165, 1.54) is 6.08 Å². The van der Waals surface area contributed by atoms with Gasteiger partial charge in [-0.25, -0.2) is 0 Å². The van der Waals surface area contributed by atoms with Crippen molar-refractivity contribution in [1.29, 1.82) is 0 Å². The summed E-state index contributed by atoms with van der Waals surface area (Å²) in [6.07, 6.45) is 0.593. The number of hydrogen-bond acceptors (Lipinski definition) is 2. The third kappa shape index (κ3) is 2.44. The molecule has 0 saturated carbocycles. The summed E-state index contributed by atoms with van der Waals surface area (Å²) in [6, 6.07) is 7.11. The molecule has 0 aliphatic rings. The molecule has 0 spiro atoms. The zero-order chi connectivity index (χ0) is 10.6. The highest BCUT2D eigenvalue weighted by molar-refractivity contribution is 5.99. The van der Waals surface area contributed by atoms with Crippen molar-refractivity contribution in [2.24, 2.45) is 0 Å². The van der Waals surface area contributed by atoms with E-state index in [1.54, 1.807) is 25.1 Å². The lowest BCUT2D eigenvalue weighted by molar-refractivity contribution is -0.111. The lowest BCUT2D eigenvalue weighted by atomic mass is 10.1. The zero-order valence-electron chi connectivity index (χ0n) is 8.03. The molecule has 1 atom stereocenters. The van der Waals surface area contributed by atoms with Gasteiger partial charge >= 0.3 is 0 Å². The van der Waals surface area contributed by atoms with Crippen molar-refractivity contribution in [2.45, 2.75) is 13.0 Å². The molecule has 3 heteroatoms. The molecule has 1 rings (SSSR count). The highest BCUT2D eigenvalue weighted by Gasteiger charge is 2.07. The van der Waals surface area contributed by atoms with Crippen LogP contribution >= 0.6 is 0 Å². The van der Waals surface area contributed by atoms with Gasteiger partial charge < -0.3 is 10.4 Å². The fraction of sp³-hybridized carbons (Fsp3) is 0.182.